The molecule has 2 fully saturated rings. The largest absolute Gasteiger partial charge is 0.369 e. The maximum Gasteiger partial charge on any atom is 0.0944 e. The van der Waals surface area contributed by atoms with E-state index < -0.39 is 0 Å². The molecule has 0 aromatic carbocycles. The van der Waals surface area contributed by atoms with Gasteiger partial charge < -0.3 is 4.74 Å². The molecule has 1 nitrogen and oxygen atoms in total. The van der Waals surface area contributed by atoms with E-state index in [1.54, 1.807) is 0 Å². The van der Waals surface area contributed by atoms with Gasteiger partial charge in [-0.25, -0.2) is 0 Å². The maximum atomic E-state index is 5.60. The van der Waals surface area contributed by atoms with E-state index in [1.165, 1.54) is 38.5 Å². The summed E-state index contributed by atoms with van der Waals surface area (Å²) in [7, 11) is 0. The van der Waals surface area contributed by atoms with Gasteiger partial charge in [0.15, 0.2) is 0 Å². The molecule has 1 saturated carbocycles. The minimum absolute atomic E-state index is 0.397. The molecule has 0 radical (unpaired) electrons. The summed E-state index contributed by atoms with van der Waals surface area (Å²) in [6, 6.07) is 0. The normalized spacial score (nSPS) is 42.8. The van der Waals surface area contributed by atoms with Crippen molar-refractivity contribution in [2.75, 3.05) is 6.61 Å². The summed E-state index contributed by atoms with van der Waals surface area (Å²) in [6.45, 7) is 3.35. The lowest BCUT2D eigenvalue weighted by atomic mass is 9.77. The Kier molecular flexibility index (Phi) is 1.92. The standard InChI is InChI=1S/C10H18O/c1-2-5-9-6-3-4-7-10(9)8-11-10/h9H,2-8H2,1H3. The van der Waals surface area contributed by atoms with Crippen LogP contribution in [-0.2, 0) is 4.74 Å². The van der Waals surface area contributed by atoms with Gasteiger partial charge in [0.2, 0.25) is 0 Å². The van der Waals surface area contributed by atoms with Crippen LogP contribution < -0.4 is 0 Å². The van der Waals surface area contributed by atoms with Gasteiger partial charge in [-0.3, -0.25) is 0 Å². The van der Waals surface area contributed by atoms with Crippen LogP contribution >= 0.6 is 0 Å². The summed E-state index contributed by atoms with van der Waals surface area (Å²) in [5.41, 5.74) is 0.397. The van der Waals surface area contributed by atoms with Gasteiger partial charge in [-0.2, -0.15) is 0 Å². The molecule has 1 spiro atoms. The van der Waals surface area contributed by atoms with E-state index >= 15 is 0 Å². The van der Waals surface area contributed by atoms with Crippen LogP contribution in [0.3, 0.4) is 0 Å². The number of ether oxygens (including phenoxy) is 1. The van der Waals surface area contributed by atoms with Crippen molar-refractivity contribution in [1.82, 2.24) is 0 Å². The molecule has 0 aromatic heterocycles. The summed E-state index contributed by atoms with van der Waals surface area (Å²) in [5.74, 6) is 0.904. The first-order valence-corrected chi connectivity index (χ1v) is 5.01. The van der Waals surface area contributed by atoms with Crippen molar-refractivity contribution < 1.29 is 4.74 Å². The van der Waals surface area contributed by atoms with Crippen molar-refractivity contribution in [3.05, 3.63) is 0 Å². The second kappa shape index (κ2) is 2.78. The van der Waals surface area contributed by atoms with Gasteiger partial charge in [0.25, 0.3) is 0 Å². The fraction of sp³-hybridized carbons (Fsp3) is 1.00. The quantitative estimate of drug-likeness (QED) is 0.557. The molecular weight excluding hydrogens is 136 g/mol. The molecule has 1 aliphatic carbocycles. The third kappa shape index (κ3) is 1.31. The van der Waals surface area contributed by atoms with Gasteiger partial charge in [-0.15, -0.1) is 0 Å². The van der Waals surface area contributed by atoms with E-state index in [0.29, 0.717) is 5.60 Å². The van der Waals surface area contributed by atoms with Gasteiger partial charge in [0, 0.05) is 0 Å². The highest BCUT2D eigenvalue weighted by molar-refractivity contribution is 5.00. The first-order valence-electron chi connectivity index (χ1n) is 5.01. The average Bonchev–Trinajstić information content (AvgIpc) is 2.77. The van der Waals surface area contributed by atoms with Crippen LogP contribution in [0.5, 0.6) is 0 Å². The summed E-state index contributed by atoms with van der Waals surface area (Å²) >= 11 is 0. The zero-order chi connectivity index (χ0) is 7.73. The highest BCUT2D eigenvalue weighted by Crippen LogP contribution is 2.47. The number of hydrogen-bond acceptors (Lipinski definition) is 1. The highest BCUT2D eigenvalue weighted by Gasteiger charge is 2.51. The molecule has 1 saturated heterocycles. The van der Waals surface area contributed by atoms with Crippen LogP contribution in [0, 0.1) is 5.92 Å². The lowest BCUT2D eigenvalue weighted by Crippen LogP contribution is -2.28. The lowest BCUT2D eigenvalue weighted by Gasteiger charge is -2.28. The molecule has 0 amide bonds. The Morgan fingerprint density at radius 3 is 2.91 bits per heavy atom. The van der Waals surface area contributed by atoms with Crippen LogP contribution in [-0.4, -0.2) is 12.2 Å². The fourth-order valence-corrected chi connectivity index (χ4v) is 2.51. The molecular formula is C10H18O. The Bertz CT molecular complexity index is 136. The Labute approximate surface area is 69.1 Å². The molecule has 64 valence electrons. The molecule has 2 atom stereocenters. The van der Waals surface area contributed by atoms with Gasteiger partial charge in [0.05, 0.1) is 12.2 Å². The highest BCUT2D eigenvalue weighted by atomic mass is 16.6. The molecule has 11 heavy (non-hydrogen) atoms. The van der Waals surface area contributed by atoms with Crippen LogP contribution in [0.1, 0.15) is 45.4 Å². The zero-order valence-electron chi connectivity index (χ0n) is 7.44. The van der Waals surface area contributed by atoms with Gasteiger partial charge >= 0.3 is 0 Å². The Morgan fingerprint density at radius 2 is 2.27 bits per heavy atom. The zero-order valence-corrected chi connectivity index (χ0v) is 7.44. The lowest BCUT2D eigenvalue weighted by molar-refractivity contribution is 0.150. The van der Waals surface area contributed by atoms with E-state index in [-0.39, 0.29) is 0 Å². The number of epoxide rings is 1. The topological polar surface area (TPSA) is 12.5 Å². The fourth-order valence-electron chi connectivity index (χ4n) is 2.51. The SMILES string of the molecule is CCCC1CCCCC12CO2. The monoisotopic (exact) mass is 154 g/mol. The minimum atomic E-state index is 0.397. The number of hydrogen-bond donors (Lipinski definition) is 0. The van der Waals surface area contributed by atoms with Crippen LogP contribution in [0.4, 0.5) is 0 Å². The maximum absolute atomic E-state index is 5.60. The van der Waals surface area contributed by atoms with Crippen LogP contribution in [0.2, 0.25) is 0 Å². The third-order valence-electron chi connectivity index (χ3n) is 3.30. The van der Waals surface area contributed by atoms with E-state index in [1.807, 2.05) is 0 Å². The minimum Gasteiger partial charge on any atom is -0.369 e. The molecule has 2 unspecified atom stereocenters. The van der Waals surface area contributed by atoms with Crippen LogP contribution in [0.25, 0.3) is 0 Å². The molecule has 1 heteroatoms. The Hall–Kier alpha value is -0.0400. The third-order valence-corrected chi connectivity index (χ3v) is 3.30. The van der Waals surface area contributed by atoms with Crippen molar-refractivity contribution in [3.63, 3.8) is 0 Å². The van der Waals surface area contributed by atoms with Gasteiger partial charge in [0.1, 0.15) is 0 Å². The Balaban J connectivity index is 1.93. The Morgan fingerprint density at radius 1 is 1.45 bits per heavy atom. The van der Waals surface area contributed by atoms with Crippen molar-refractivity contribution in [1.29, 1.82) is 0 Å². The first-order chi connectivity index (χ1) is 5.37. The van der Waals surface area contributed by atoms with Crippen molar-refractivity contribution in [2.24, 2.45) is 5.92 Å². The number of rotatable bonds is 2. The molecule has 0 bridgehead atoms. The van der Waals surface area contributed by atoms with Crippen molar-refractivity contribution in [2.45, 2.75) is 51.0 Å². The predicted octanol–water partition coefficient (Wildman–Crippen LogP) is 2.75. The summed E-state index contributed by atoms with van der Waals surface area (Å²) in [5, 5.41) is 0. The molecule has 2 rings (SSSR count). The van der Waals surface area contributed by atoms with E-state index in [4.69, 9.17) is 4.74 Å². The van der Waals surface area contributed by atoms with Gasteiger partial charge in [-0.05, 0) is 25.2 Å². The second-order valence-electron chi connectivity index (χ2n) is 4.08. The van der Waals surface area contributed by atoms with Gasteiger partial charge in [-0.1, -0.05) is 26.2 Å². The summed E-state index contributed by atoms with van der Waals surface area (Å²) in [4.78, 5) is 0. The smallest absolute Gasteiger partial charge is 0.0944 e. The summed E-state index contributed by atoms with van der Waals surface area (Å²) in [6.07, 6.45) is 8.33. The van der Waals surface area contributed by atoms with E-state index in [0.717, 1.165) is 12.5 Å². The predicted molar refractivity (Wildman–Crippen MR) is 45.5 cm³/mol. The summed E-state index contributed by atoms with van der Waals surface area (Å²) < 4.78 is 5.60. The van der Waals surface area contributed by atoms with Crippen LogP contribution in [0.15, 0.2) is 0 Å². The van der Waals surface area contributed by atoms with Crippen molar-refractivity contribution in [3.8, 4) is 0 Å². The molecule has 0 aromatic rings. The van der Waals surface area contributed by atoms with E-state index in [2.05, 4.69) is 6.92 Å². The average molecular weight is 154 g/mol. The molecule has 1 aliphatic heterocycles. The molecule has 0 N–H and O–H groups in total. The molecule has 1 heterocycles. The molecule has 2 aliphatic rings. The van der Waals surface area contributed by atoms with Crippen molar-refractivity contribution >= 4 is 0 Å². The first kappa shape index (κ1) is 7.60. The van der Waals surface area contributed by atoms with E-state index in [9.17, 15) is 0 Å². The second-order valence-corrected chi connectivity index (χ2v) is 4.08.